The zero-order valence-corrected chi connectivity index (χ0v) is 21.7. The maximum Gasteiger partial charge on any atom is 0.449 e. The van der Waals surface area contributed by atoms with Gasteiger partial charge in [0.1, 0.15) is 17.1 Å². The summed E-state index contributed by atoms with van der Waals surface area (Å²) in [5.74, 6) is -7.09. The Morgan fingerprint density at radius 2 is 1.95 bits per heavy atom. The van der Waals surface area contributed by atoms with Gasteiger partial charge in [-0.05, 0) is 62.6 Å². The molecule has 1 saturated heterocycles. The average Bonchev–Trinajstić information content (AvgIpc) is 3.49. The lowest BCUT2D eigenvalue weighted by molar-refractivity contribution is -0.161. The number of benzene rings is 1. The Bertz CT molecular complexity index is 1430. The monoisotopic (exact) mass is 565 g/mol. The first-order valence-corrected chi connectivity index (χ1v) is 13.4. The van der Waals surface area contributed by atoms with Gasteiger partial charge >= 0.3 is 6.18 Å². The number of Topliss-reactive ketones (excluding diaryl/α,β-unsaturated/α-hetero) is 1. The normalized spacial score (nSPS) is 25.0. The summed E-state index contributed by atoms with van der Waals surface area (Å²) < 4.78 is 75.3. The van der Waals surface area contributed by atoms with Crippen LogP contribution in [0.3, 0.4) is 0 Å². The van der Waals surface area contributed by atoms with E-state index in [4.69, 9.17) is 4.42 Å². The van der Waals surface area contributed by atoms with Crippen molar-refractivity contribution in [1.29, 1.82) is 0 Å². The zero-order valence-electron chi connectivity index (χ0n) is 21.7. The highest BCUT2D eigenvalue weighted by atomic mass is 19.4. The first-order valence-electron chi connectivity index (χ1n) is 13.4. The van der Waals surface area contributed by atoms with E-state index in [1.54, 1.807) is 5.01 Å². The molecule has 7 nitrogen and oxygen atoms in total. The van der Waals surface area contributed by atoms with Crippen molar-refractivity contribution in [3.05, 3.63) is 63.3 Å². The molecule has 2 unspecified atom stereocenters. The highest BCUT2D eigenvalue weighted by molar-refractivity contribution is 6.21. The van der Waals surface area contributed by atoms with Gasteiger partial charge in [-0.1, -0.05) is 6.42 Å². The Kier molecular flexibility index (Phi) is 6.43. The lowest BCUT2D eigenvalue weighted by Crippen LogP contribution is -2.59. The number of piperidine rings is 1. The van der Waals surface area contributed by atoms with E-state index in [-0.39, 0.29) is 36.3 Å². The number of alkyl halides is 3. The minimum absolute atomic E-state index is 0.0522. The third-order valence-electron chi connectivity index (χ3n) is 8.61. The summed E-state index contributed by atoms with van der Waals surface area (Å²) in [4.78, 5) is 27.7. The average molecular weight is 566 g/mol. The number of hydrogen-bond acceptors (Lipinski definition) is 6. The molecule has 214 valence electrons. The number of furan rings is 1. The highest BCUT2D eigenvalue weighted by Crippen LogP contribution is 2.50. The van der Waals surface area contributed by atoms with Crippen LogP contribution < -0.4 is 5.32 Å². The number of fused-ring (bicyclic) bond motifs is 2. The number of ketones is 1. The number of aryl methyl sites for hydroxylation is 1. The van der Waals surface area contributed by atoms with Crippen LogP contribution in [0.15, 0.2) is 27.9 Å². The standard InChI is InChI=1S/C28H28F5N3O4/c1-13-10-17(26(40-13)28(31,32)33)15-5-6-16(15)24(37)21-25(38)20-4-2-3-9-35(20)36(27(21)39)12-18-22(30)19(29)11-14-7-8-34-23(14)18/h10-11,15-16,20,34,38H,2-9,12H2,1H3/t15?,16?,20-/m0/s1. The van der Waals surface area contributed by atoms with Crippen LogP contribution in [-0.4, -0.2) is 45.9 Å². The van der Waals surface area contributed by atoms with Crippen molar-refractivity contribution in [3.8, 4) is 0 Å². The smallest absolute Gasteiger partial charge is 0.449 e. The molecule has 3 aliphatic heterocycles. The van der Waals surface area contributed by atoms with Gasteiger partial charge in [0.05, 0.1) is 12.6 Å². The van der Waals surface area contributed by atoms with E-state index in [1.165, 1.54) is 18.0 Å². The molecule has 1 aromatic carbocycles. The van der Waals surface area contributed by atoms with E-state index >= 15 is 4.39 Å². The molecule has 4 heterocycles. The van der Waals surface area contributed by atoms with E-state index in [2.05, 4.69) is 5.32 Å². The molecule has 2 fully saturated rings. The molecule has 2 aromatic rings. The predicted octanol–water partition coefficient (Wildman–Crippen LogP) is 5.54. The molecular formula is C28H28F5N3O4. The summed E-state index contributed by atoms with van der Waals surface area (Å²) in [6, 6.07) is 1.66. The van der Waals surface area contributed by atoms with Gasteiger partial charge in [0.25, 0.3) is 5.91 Å². The summed E-state index contributed by atoms with van der Waals surface area (Å²) in [6.07, 6.45) is -1.94. The van der Waals surface area contributed by atoms with Crippen LogP contribution in [-0.2, 0) is 28.7 Å². The largest absolute Gasteiger partial charge is 0.510 e. The number of halogens is 5. The van der Waals surface area contributed by atoms with E-state index in [0.29, 0.717) is 50.0 Å². The molecule has 0 spiro atoms. The first kappa shape index (κ1) is 26.8. The van der Waals surface area contributed by atoms with Crippen LogP contribution in [0, 0.1) is 24.5 Å². The number of hydrazine groups is 1. The van der Waals surface area contributed by atoms with Gasteiger partial charge in [-0.25, -0.2) is 13.8 Å². The Hall–Kier alpha value is -3.41. The number of anilines is 1. The van der Waals surface area contributed by atoms with Crippen molar-refractivity contribution < 1.29 is 41.1 Å². The molecule has 12 heteroatoms. The number of hydrogen-bond donors (Lipinski definition) is 2. The number of aliphatic hydroxyl groups is 1. The zero-order chi connectivity index (χ0) is 28.5. The van der Waals surface area contributed by atoms with Gasteiger partial charge in [0.15, 0.2) is 17.4 Å². The molecule has 1 aromatic heterocycles. The van der Waals surface area contributed by atoms with Crippen LogP contribution in [0.5, 0.6) is 0 Å². The molecule has 1 saturated carbocycles. The third-order valence-corrected chi connectivity index (χ3v) is 8.61. The topological polar surface area (TPSA) is 86.0 Å². The van der Waals surface area contributed by atoms with E-state index in [0.717, 1.165) is 6.07 Å². The molecule has 6 rings (SSSR count). The summed E-state index contributed by atoms with van der Waals surface area (Å²) in [7, 11) is 0. The number of nitrogens with one attached hydrogen (secondary N) is 1. The number of aliphatic hydroxyl groups excluding tert-OH is 1. The van der Waals surface area contributed by atoms with Gasteiger partial charge in [-0.2, -0.15) is 13.2 Å². The number of carbonyl (C=O) groups is 2. The van der Waals surface area contributed by atoms with Crippen LogP contribution in [0.1, 0.15) is 66.2 Å². The van der Waals surface area contributed by atoms with Crippen molar-refractivity contribution in [3.63, 3.8) is 0 Å². The summed E-state index contributed by atoms with van der Waals surface area (Å²) >= 11 is 0. The van der Waals surface area contributed by atoms with Gasteiger partial charge in [0, 0.05) is 35.8 Å². The fourth-order valence-corrected chi connectivity index (χ4v) is 6.58. The molecule has 0 radical (unpaired) electrons. The van der Waals surface area contributed by atoms with Gasteiger partial charge < -0.3 is 14.8 Å². The van der Waals surface area contributed by atoms with E-state index < -0.39 is 64.5 Å². The predicted molar refractivity (Wildman–Crippen MR) is 132 cm³/mol. The first-order chi connectivity index (χ1) is 19.0. The number of carbonyl (C=O) groups excluding carboxylic acids is 2. The Labute approximate surface area is 226 Å². The number of nitrogens with zero attached hydrogens (tertiary/aromatic N) is 2. The third kappa shape index (κ3) is 4.18. The van der Waals surface area contributed by atoms with Crippen LogP contribution in [0.4, 0.5) is 27.6 Å². The molecule has 3 atom stereocenters. The quantitative estimate of drug-likeness (QED) is 0.366. The lowest BCUT2D eigenvalue weighted by atomic mass is 9.66. The number of rotatable bonds is 5. The maximum absolute atomic E-state index is 15.1. The van der Waals surface area contributed by atoms with Gasteiger partial charge in [-0.3, -0.25) is 14.6 Å². The van der Waals surface area contributed by atoms with Crippen molar-refractivity contribution in [2.75, 3.05) is 18.4 Å². The SMILES string of the molecule is Cc1cc(C2CCC2C(=O)C2=C(O)[C@@H]3CCCCN3N(Cc3c(F)c(F)cc4c3NCC4)C2=O)c(C(F)(F)F)o1. The summed E-state index contributed by atoms with van der Waals surface area (Å²) in [5.41, 5.74) is 0.298. The second kappa shape index (κ2) is 9.60. The van der Waals surface area contributed by atoms with Gasteiger partial charge in [0.2, 0.25) is 5.76 Å². The lowest BCUT2D eigenvalue weighted by Gasteiger charge is -2.47. The van der Waals surface area contributed by atoms with Gasteiger partial charge in [-0.15, -0.1) is 0 Å². The molecule has 4 aliphatic rings. The molecule has 40 heavy (non-hydrogen) atoms. The second-order valence-corrected chi connectivity index (χ2v) is 11.0. The molecule has 1 aliphatic carbocycles. The summed E-state index contributed by atoms with van der Waals surface area (Å²) in [6.45, 7) is 1.85. The fourth-order valence-electron chi connectivity index (χ4n) is 6.58. The van der Waals surface area contributed by atoms with Crippen molar-refractivity contribution in [2.45, 2.75) is 70.1 Å². The Morgan fingerprint density at radius 1 is 1.18 bits per heavy atom. The van der Waals surface area contributed by atoms with Crippen LogP contribution >= 0.6 is 0 Å². The van der Waals surface area contributed by atoms with Crippen LogP contribution in [0.2, 0.25) is 0 Å². The Morgan fingerprint density at radius 3 is 2.65 bits per heavy atom. The van der Waals surface area contributed by atoms with Crippen molar-refractivity contribution in [1.82, 2.24) is 10.0 Å². The number of amides is 1. The molecule has 1 amide bonds. The Balaban J connectivity index is 1.36. The molecular weight excluding hydrogens is 537 g/mol. The second-order valence-electron chi connectivity index (χ2n) is 11.0. The minimum atomic E-state index is -4.75. The minimum Gasteiger partial charge on any atom is -0.510 e. The summed E-state index contributed by atoms with van der Waals surface area (Å²) in [5, 5.41) is 17.0. The van der Waals surface area contributed by atoms with E-state index in [9.17, 15) is 32.3 Å². The maximum atomic E-state index is 15.1. The van der Waals surface area contributed by atoms with E-state index in [1.807, 2.05) is 0 Å². The van der Waals surface area contributed by atoms with Crippen LogP contribution in [0.25, 0.3) is 0 Å². The van der Waals surface area contributed by atoms with Crippen molar-refractivity contribution in [2.24, 2.45) is 5.92 Å². The highest BCUT2D eigenvalue weighted by Gasteiger charge is 2.51. The van der Waals surface area contributed by atoms with Crippen molar-refractivity contribution >= 4 is 17.4 Å². The fraction of sp³-hybridized carbons (Fsp3) is 0.500. The molecule has 0 bridgehead atoms. The molecule has 2 N–H and O–H groups in total.